The Hall–Kier alpha value is -1.52. The second-order valence-corrected chi connectivity index (χ2v) is 1.77. The van der Waals surface area contributed by atoms with Gasteiger partial charge in [-0.1, -0.05) is 0 Å². The maximum atomic E-state index is 10.1. The first-order chi connectivity index (χ1) is 4.70. The van der Waals surface area contributed by atoms with E-state index in [1.807, 2.05) is 0 Å². The van der Waals surface area contributed by atoms with Gasteiger partial charge in [0.1, 0.15) is 6.54 Å². The van der Waals surface area contributed by atoms with Crippen LogP contribution in [0.2, 0.25) is 0 Å². The van der Waals surface area contributed by atoms with Crippen molar-refractivity contribution in [1.82, 2.24) is 9.55 Å². The lowest BCUT2D eigenvalue weighted by Crippen LogP contribution is -2.06. The first-order valence-electron chi connectivity index (χ1n) is 2.61. The molecule has 0 radical (unpaired) electrons. The highest BCUT2D eigenvalue weighted by Crippen LogP contribution is 2.04. The molecule has 54 valence electrons. The molecule has 0 saturated carbocycles. The van der Waals surface area contributed by atoms with Crippen LogP contribution >= 0.6 is 0 Å². The summed E-state index contributed by atoms with van der Waals surface area (Å²) in [4.78, 5) is 13.6. The molecule has 0 fully saturated rings. The second kappa shape index (κ2) is 2.38. The molecule has 0 aliphatic carbocycles. The predicted octanol–water partition coefficient (Wildman–Crippen LogP) is -0.327. The number of aromatic nitrogens is 2. The average Bonchev–Trinajstić information content (AvgIpc) is 2.15. The highest BCUT2D eigenvalue weighted by molar-refractivity contribution is 5.66. The number of carboxylic acids is 1. The Labute approximate surface area is 56.6 Å². The number of carboxylic acid groups (broad SMARTS) is 1. The molecule has 5 heteroatoms. The van der Waals surface area contributed by atoms with Gasteiger partial charge in [0.05, 0.1) is 12.5 Å². The zero-order chi connectivity index (χ0) is 7.56. The maximum Gasteiger partial charge on any atom is 0.323 e. The van der Waals surface area contributed by atoms with Crippen LogP contribution in [0.15, 0.2) is 12.5 Å². The molecular weight excluding hydrogens is 136 g/mol. The third-order valence-corrected chi connectivity index (χ3v) is 0.996. The molecular formula is C5H6N2O3. The Morgan fingerprint density at radius 3 is 2.90 bits per heavy atom. The van der Waals surface area contributed by atoms with Crippen LogP contribution in [0.3, 0.4) is 0 Å². The van der Waals surface area contributed by atoms with Gasteiger partial charge in [-0.3, -0.25) is 9.36 Å². The van der Waals surface area contributed by atoms with Crippen molar-refractivity contribution in [3.8, 4) is 5.88 Å². The summed E-state index contributed by atoms with van der Waals surface area (Å²) in [6.07, 6.45) is 2.44. The second-order valence-electron chi connectivity index (χ2n) is 1.77. The van der Waals surface area contributed by atoms with Gasteiger partial charge in [0, 0.05) is 0 Å². The Kier molecular flexibility index (Phi) is 1.57. The van der Waals surface area contributed by atoms with Crippen molar-refractivity contribution < 1.29 is 15.0 Å². The number of aliphatic carboxylic acids is 1. The zero-order valence-corrected chi connectivity index (χ0v) is 5.06. The molecule has 2 N–H and O–H groups in total. The minimum absolute atomic E-state index is 0.137. The van der Waals surface area contributed by atoms with E-state index in [-0.39, 0.29) is 12.4 Å². The lowest BCUT2D eigenvalue weighted by Gasteiger charge is -1.96. The summed E-state index contributed by atoms with van der Waals surface area (Å²) in [6, 6.07) is 0. The number of hydrogen-bond acceptors (Lipinski definition) is 3. The normalized spacial score (nSPS) is 9.60. The zero-order valence-electron chi connectivity index (χ0n) is 5.06. The quantitative estimate of drug-likeness (QED) is 0.593. The minimum Gasteiger partial charge on any atom is -0.493 e. The van der Waals surface area contributed by atoms with E-state index in [9.17, 15) is 4.79 Å². The number of hydrogen-bond donors (Lipinski definition) is 2. The van der Waals surface area contributed by atoms with Crippen molar-refractivity contribution in [3.05, 3.63) is 12.5 Å². The molecule has 0 aliphatic rings. The van der Waals surface area contributed by atoms with Gasteiger partial charge in [-0.05, 0) is 0 Å². The van der Waals surface area contributed by atoms with E-state index in [0.717, 1.165) is 4.57 Å². The van der Waals surface area contributed by atoms with Crippen LogP contribution in [-0.2, 0) is 11.3 Å². The number of carbonyl (C=O) groups is 1. The largest absolute Gasteiger partial charge is 0.493 e. The van der Waals surface area contributed by atoms with E-state index in [1.54, 1.807) is 0 Å². The van der Waals surface area contributed by atoms with Crippen molar-refractivity contribution in [3.63, 3.8) is 0 Å². The molecule has 1 rings (SSSR count). The summed E-state index contributed by atoms with van der Waals surface area (Å²) >= 11 is 0. The minimum atomic E-state index is -1.01. The van der Waals surface area contributed by atoms with Crippen LogP contribution in [0, 0.1) is 0 Å². The fourth-order valence-corrected chi connectivity index (χ4v) is 0.581. The standard InChI is InChI=1S/C5H6N2O3/c8-4-1-6-3-7(4)2-5(9)10/h1,3,8H,2H2,(H,9,10). The number of imidazole rings is 1. The SMILES string of the molecule is O=C(O)Cn1cncc1O. The van der Waals surface area contributed by atoms with Crippen molar-refractivity contribution in [2.24, 2.45) is 0 Å². The van der Waals surface area contributed by atoms with Crippen molar-refractivity contribution in [1.29, 1.82) is 0 Å². The highest BCUT2D eigenvalue weighted by atomic mass is 16.4. The van der Waals surface area contributed by atoms with Crippen LogP contribution < -0.4 is 0 Å². The molecule has 0 aliphatic heterocycles. The Morgan fingerprint density at radius 2 is 2.50 bits per heavy atom. The summed E-state index contributed by atoms with van der Waals surface area (Å²) < 4.78 is 1.13. The molecule has 10 heavy (non-hydrogen) atoms. The van der Waals surface area contributed by atoms with Gasteiger partial charge in [-0.2, -0.15) is 0 Å². The van der Waals surface area contributed by atoms with Crippen molar-refractivity contribution >= 4 is 5.97 Å². The van der Waals surface area contributed by atoms with E-state index in [0.29, 0.717) is 0 Å². The molecule has 0 spiro atoms. The molecule has 1 aromatic heterocycles. The Balaban J connectivity index is 2.74. The topological polar surface area (TPSA) is 75.3 Å². The van der Waals surface area contributed by atoms with E-state index < -0.39 is 5.97 Å². The number of nitrogens with zero attached hydrogens (tertiary/aromatic N) is 2. The van der Waals surface area contributed by atoms with Crippen molar-refractivity contribution in [2.75, 3.05) is 0 Å². The van der Waals surface area contributed by atoms with E-state index >= 15 is 0 Å². The van der Waals surface area contributed by atoms with Gasteiger partial charge in [-0.15, -0.1) is 0 Å². The maximum absolute atomic E-state index is 10.1. The smallest absolute Gasteiger partial charge is 0.323 e. The monoisotopic (exact) mass is 142 g/mol. The van der Waals surface area contributed by atoms with Crippen molar-refractivity contribution in [2.45, 2.75) is 6.54 Å². The molecule has 1 aromatic rings. The molecule has 0 aromatic carbocycles. The first kappa shape index (κ1) is 6.60. The summed E-state index contributed by atoms with van der Waals surface area (Å²) in [7, 11) is 0. The van der Waals surface area contributed by atoms with Crippen LogP contribution in [0.4, 0.5) is 0 Å². The highest BCUT2D eigenvalue weighted by Gasteiger charge is 2.02. The predicted molar refractivity (Wildman–Crippen MR) is 31.5 cm³/mol. The summed E-state index contributed by atoms with van der Waals surface area (Å²) in [6.45, 7) is -0.258. The molecule has 0 bridgehead atoms. The van der Waals surface area contributed by atoms with E-state index in [4.69, 9.17) is 10.2 Å². The molecule has 5 nitrogen and oxygen atoms in total. The lowest BCUT2D eigenvalue weighted by atomic mass is 10.6. The summed E-state index contributed by atoms with van der Waals surface area (Å²) in [5, 5.41) is 17.1. The Morgan fingerprint density at radius 1 is 1.80 bits per heavy atom. The molecule has 0 saturated heterocycles. The van der Waals surface area contributed by atoms with Gasteiger partial charge in [0.25, 0.3) is 0 Å². The van der Waals surface area contributed by atoms with Gasteiger partial charge >= 0.3 is 5.97 Å². The summed E-state index contributed by atoms with van der Waals surface area (Å²) in [5.41, 5.74) is 0. The van der Waals surface area contributed by atoms with E-state index in [2.05, 4.69) is 4.98 Å². The van der Waals surface area contributed by atoms with Crippen LogP contribution in [-0.4, -0.2) is 25.7 Å². The van der Waals surface area contributed by atoms with Gasteiger partial charge in [0.2, 0.25) is 5.88 Å². The van der Waals surface area contributed by atoms with Gasteiger partial charge in [0.15, 0.2) is 0 Å². The van der Waals surface area contributed by atoms with Crippen LogP contribution in [0.25, 0.3) is 0 Å². The fraction of sp³-hybridized carbons (Fsp3) is 0.200. The van der Waals surface area contributed by atoms with E-state index in [1.165, 1.54) is 12.5 Å². The first-order valence-corrected chi connectivity index (χ1v) is 2.61. The van der Waals surface area contributed by atoms with Gasteiger partial charge < -0.3 is 10.2 Å². The lowest BCUT2D eigenvalue weighted by molar-refractivity contribution is -0.137. The Bertz CT molecular complexity index is 243. The molecule has 0 amide bonds. The van der Waals surface area contributed by atoms with Crippen LogP contribution in [0.5, 0.6) is 5.88 Å². The molecule has 0 atom stereocenters. The third kappa shape index (κ3) is 1.25. The number of rotatable bonds is 2. The molecule has 0 unspecified atom stereocenters. The van der Waals surface area contributed by atoms with Gasteiger partial charge in [-0.25, -0.2) is 4.98 Å². The number of aromatic hydroxyl groups is 1. The average molecular weight is 142 g/mol. The molecule has 1 heterocycles. The summed E-state index contributed by atoms with van der Waals surface area (Å²) in [5.74, 6) is -1.14. The van der Waals surface area contributed by atoms with Crippen LogP contribution in [0.1, 0.15) is 0 Å². The fourth-order valence-electron chi connectivity index (χ4n) is 0.581. The third-order valence-electron chi connectivity index (χ3n) is 0.996.